The van der Waals surface area contributed by atoms with Crippen molar-refractivity contribution in [1.82, 2.24) is 19.7 Å². The molecule has 9 heteroatoms. The zero-order valence-corrected chi connectivity index (χ0v) is 17.3. The van der Waals surface area contributed by atoms with E-state index in [-0.39, 0.29) is 11.9 Å². The van der Waals surface area contributed by atoms with Crippen LogP contribution in [0.25, 0.3) is 11.0 Å². The first-order chi connectivity index (χ1) is 14.0. The van der Waals surface area contributed by atoms with Crippen molar-refractivity contribution in [3.63, 3.8) is 0 Å². The largest absolute Gasteiger partial charge is 0.437 e. The van der Waals surface area contributed by atoms with Gasteiger partial charge in [-0.2, -0.15) is 0 Å². The van der Waals surface area contributed by atoms with E-state index in [0.717, 1.165) is 49.4 Å². The summed E-state index contributed by atoms with van der Waals surface area (Å²) in [4.78, 5) is 28.1. The van der Waals surface area contributed by atoms with Gasteiger partial charge in [-0.3, -0.25) is 9.78 Å². The second-order valence-electron chi connectivity index (χ2n) is 7.99. The number of aromatic nitrogens is 2. The molecule has 1 amide bonds. The molecule has 0 saturated carbocycles. The van der Waals surface area contributed by atoms with Gasteiger partial charge in [-0.15, -0.1) is 0 Å². The van der Waals surface area contributed by atoms with Crippen LogP contribution in [0.15, 0.2) is 18.3 Å². The number of fused-ring (bicyclic) bond motifs is 1. The van der Waals surface area contributed by atoms with E-state index in [0.29, 0.717) is 24.3 Å². The number of anilines is 1. The van der Waals surface area contributed by atoms with Gasteiger partial charge < -0.3 is 24.4 Å². The van der Waals surface area contributed by atoms with E-state index in [4.69, 9.17) is 9.72 Å². The summed E-state index contributed by atoms with van der Waals surface area (Å²) in [5.74, 6) is 0.768. The maximum Gasteiger partial charge on any atom is 0.376 e. The van der Waals surface area contributed by atoms with Gasteiger partial charge in [0.05, 0.1) is 30.4 Å². The number of ether oxygens (including phenoxy) is 1. The Hall–Kier alpha value is -2.23. The topological polar surface area (TPSA) is 82.0 Å². The zero-order valence-electron chi connectivity index (χ0n) is 17.3. The molecule has 1 atom stereocenters. The Morgan fingerprint density at radius 2 is 2.03 bits per heavy atom. The SMILES string of the molecule is CB(O)N1CCCC1c1cc(C(=O)N(C)C)cc2ncc(N3CCOCC3)nc12. The number of morpholine rings is 1. The minimum Gasteiger partial charge on any atom is -0.437 e. The van der Waals surface area contributed by atoms with Gasteiger partial charge in [0.25, 0.3) is 5.91 Å². The number of carbonyl (C=O) groups excluding carboxylic acids is 1. The van der Waals surface area contributed by atoms with Gasteiger partial charge in [0.1, 0.15) is 5.82 Å². The predicted octanol–water partition coefficient (Wildman–Crippen LogP) is 1.42. The van der Waals surface area contributed by atoms with Crippen LogP contribution in [0.1, 0.15) is 34.8 Å². The highest BCUT2D eigenvalue weighted by Gasteiger charge is 2.33. The normalized spacial score (nSPS) is 20.3. The fraction of sp³-hybridized carbons (Fsp3) is 0.550. The predicted molar refractivity (Wildman–Crippen MR) is 113 cm³/mol. The Morgan fingerprint density at radius 1 is 1.28 bits per heavy atom. The summed E-state index contributed by atoms with van der Waals surface area (Å²) in [6.07, 6.45) is 3.70. The average Bonchev–Trinajstić information content (AvgIpc) is 3.22. The Bertz CT molecular complexity index is 901. The van der Waals surface area contributed by atoms with Crippen LogP contribution < -0.4 is 4.90 Å². The summed E-state index contributed by atoms with van der Waals surface area (Å²) in [6, 6.07) is 3.77. The van der Waals surface area contributed by atoms with Gasteiger partial charge in [0.2, 0.25) is 0 Å². The molecule has 1 N–H and O–H groups in total. The number of nitrogens with zero attached hydrogens (tertiary/aromatic N) is 5. The van der Waals surface area contributed by atoms with Crippen molar-refractivity contribution < 1.29 is 14.6 Å². The first-order valence-corrected chi connectivity index (χ1v) is 10.2. The molecular formula is C20H28BN5O3. The van der Waals surface area contributed by atoms with Crippen molar-refractivity contribution in [2.75, 3.05) is 51.8 Å². The van der Waals surface area contributed by atoms with Crippen molar-refractivity contribution in [3.05, 3.63) is 29.5 Å². The number of carbonyl (C=O) groups is 1. The first kappa shape index (κ1) is 20.1. The second-order valence-corrected chi connectivity index (χ2v) is 7.99. The van der Waals surface area contributed by atoms with Crippen LogP contribution in [0.3, 0.4) is 0 Å². The van der Waals surface area contributed by atoms with E-state index in [9.17, 15) is 9.82 Å². The highest BCUT2D eigenvalue weighted by atomic mass is 16.5. The van der Waals surface area contributed by atoms with Crippen molar-refractivity contribution in [1.29, 1.82) is 0 Å². The Labute approximate surface area is 171 Å². The molecule has 29 heavy (non-hydrogen) atoms. The first-order valence-electron chi connectivity index (χ1n) is 10.2. The maximum atomic E-state index is 12.7. The summed E-state index contributed by atoms with van der Waals surface area (Å²) in [6.45, 7) is 5.56. The fourth-order valence-electron chi connectivity index (χ4n) is 4.28. The lowest BCUT2D eigenvalue weighted by Gasteiger charge is -2.29. The molecule has 2 fully saturated rings. The third-order valence-electron chi connectivity index (χ3n) is 5.79. The molecule has 0 radical (unpaired) electrons. The monoisotopic (exact) mass is 397 g/mol. The van der Waals surface area contributed by atoms with E-state index in [1.54, 1.807) is 32.0 Å². The average molecular weight is 397 g/mol. The van der Waals surface area contributed by atoms with E-state index in [2.05, 4.69) is 14.7 Å². The van der Waals surface area contributed by atoms with Gasteiger partial charge in [0, 0.05) is 38.8 Å². The standard InChI is InChI=1S/C20H28BN5O3/c1-21(28)26-6-4-5-17(26)15-11-14(20(27)24(2)3)12-16-19(15)23-18(13-22-16)25-7-9-29-10-8-25/h11-13,17,28H,4-10H2,1-3H3. The van der Waals surface area contributed by atoms with Crippen LogP contribution in [0, 0.1) is 0 Å². The van der Waals surface area contributed by atoms with Gasteiger partial charge in [0.15, 0.2) is 0 Å². The molecule has 3 heterocycles. The highest BCUT2D eigenvalue weighted by Crippen LogP contribution is 2.36. The molecule has 2 aliphatic rings. The molecular weight excluding hydrogens is 369 g/mol. The Balaban J connectivity index is 1.84. The molecule has 0 spiro atoms. The van der Waals surface area contributed by atoms with Crippen LogP contribution in [-0.4, -0.2) is 84.6 Å². The molecule has 0 aliphatic carbocycles. The van der Waals surface area contributed by atoms with E-state index < -0.39 is 7.05 Å². The quantitative estimate of drug-likeness (QED) is 0.782. The number of hydrogen-bond acceptors (Lipinski definition) is 7. The number of hydrogen-bond donors (Lipinski definition) is 1. The highest BCUT2D eigenvalue weighted by molar-refractivity contribution is 6.45. The Kier molecular flexibility index (Phi) is 5.71. The molecule has 1 unspecified atom stereocenters. The summed E-state index contributed by atoms with van der Waals surface area (Å²) in [5, 5.41) is 10.3. The number of benzene rings is 1. The lowest BCUT2D eigenvalue weighted by Crippen LogP contribution is -2.37. The fourth-order valence-corrected chi connectivity index (χ4v) is 4.28. The summed E-state index contributed by atoms with van der Waals surface area (Å²) < 4.78 is 5.45. The van der Waals surface area contributed by atoms with Crippen molar-refractivity contribution in [2.24, 2.45) is 0 Å². The molecule has 8 nitrogen and oxygen atoms in total. The molecule has 2 aliphatic heterocycles. The molecule has 2 saturated heterocycles. The lowest BCUT2D eigenvalue weighted by atomic mass is 9.82. The molecule has 1 aromatic heterocycles. The van der Waals surface area contributed by atoms with Crippen LogP contribution in [-0.2, 0) is 4.74 Å². The van der Waals surface area contributed by atoms with Crippen molar-refractivity contribution in [3.8, 4) is 0 Å². The van der Waals surface area contributed by atoms with Gasteiger partial charge in [-0.05, 0) is 43.9 Å². The third-order valence-corrected chi connectivity index (χ3v) is 5.79. The number of amides is 1. The van der Waals surface area contributed by atoms with E-state index in [1.165, 1.54) is 0 Å². The smallest absolute Gasteiger partial charge is 0.376 e. The van der Waals surface area contributed by atoms with Crippen molar-refractivity contribution >= 4 is 29.8 Å². The van der Waals surface area contributed by atoms with E-state index >= 15 is 0 Å². The third kappa shape index (κ3) is 3.94. The lowest BCUT2D eigenvalue weighted by molar-refractivity contribution is 0.0827. The van der Waals surface area contributed by atoms with Crippen LogP contribution in [0.5, 0.6) is 0 Å². The van der Waals surface area contributed by atoms with Crippen molar-refractivity contribution in [2.45, 2.75) is 25.7 Å². The summed E-state index contributed by atoms with van der Waals surface area (Å²) >= 11 is 0. The number of rotatable bonds is 4. The minimum absolute atomic E-state index is 0.0154. The minimum atomic E-state index is -0.554. The molecule has 1 aromatic carbocycles. The molecule has 2 aromatic rings. The molecule has 4 rings (SSSR count). The molecule has 0 bridgehead atoms. The van der Waals surface area contributed by atoms with Gasteiger partial charge in [-0.25, -0.2) is 4.98 Å². The molecule has 154 valence electrons. The Morgan fingerprint density at radius 3 is 2.72 bits per heavy atom. The second kappa shape index (κ2) is 8.26. The summed E-state index contributed by atoms with van der Waals surface area (Å²) in [7, 11) is 2.94. The zero-order chi connectivity index (χ0) is 20.5. The maximum absolute atomic E-state index is 12.7. The van der Waals surface area contributed by atoms with E-state index in [1.807, 2.05) is 12.1 Å². The van der Waals surface area contributed by atoms with Gasteiger partial charge >= 0.3 is 7.05 Å². The van der Waals surface area contributed by atoms with Crippen LogP contribution >= 0.6 is 0 Å². The van der Waals surface area contributed by atoms with Crippen LogP contribution in [0.4, 0.5) is 5.82 Å². The summed E-state index contributed by atoms with van der Waals surface area (Å²) in [5.41, 5.74) is 3.08. The van der Waals surface area contributed by atoms with Gasteiger partial charge in [-0.1, -0.05) is 0 Å². The van der Waals surface area contributed by atoms with Crippen LogP contribution in [0.2, 0.25) is 6.82 Å².